The fourth-order valence-corrected chi connectivity index (χ4v) is 1.44. The first kappa shape index (κ1) is 13.7. The summed E-state index contributed by atoms with van der Waals surface area (Å²) in [6.07, 6.45) is -2.34. The molecule has 1 heterocycles. The molecule has 2 atom stereocenters. The number of ether oxygens (including phenoxy) is 2. The second kappa shape index (κ2) is 5.34. The average Bonchev–Trinajstić information content (AvgIpc) is 2.26. The third-order valence-corrected chi connectivity index (χ3v) is 2.23. The Bertz CT molecular complexity index is 318. The lowest BCUT2D eigenvalue weighted by Crippen LogP contribution is -2.50. The minimum Gasteiger partial charge on any atom is -0.444 e. The fraction of sp³-hybridized carbons (Fsp3) is 0.818. The number of amides is 1. The van der Waals surface area contributed by atoms with Crippen molar-refractivity contribution in [2.45, 2.75) is 38.6 Å². The summed E-state index contributed by atoms with van der Waals surface area (Å²) in [5.74, 6) is 0. The maximum absolute atomic E-state index is 11.8. The predicted molar refractivity (Wildman–Crippen MR) is 59.2 cm³/mol. The van der Waals surface area contributed by atoms with E-state index in [1.165, 1.54) is 4.90 Å². The van der Waals surface area contributed by atoms with Gasteiger partial charge in [-0.25, -0.2) is 4.79 Å². The second-order valence-electron chi connectivity index (χ2n) is 4.91. The first-order valence-corrected chi connectivity index (χ1v) is 5.50. The summed E-state index contributed by atoms with van der Waals surface area (Å²) in [6, 6.07) is 1.69. The van der Waals surface area contributed by atoms with Gasteiger partial charge in [0.25, 0.3) is 0 Å². The van der Waals surface area contributed by atoms with Crippen LogP contribution >= 0.6 is 0 Å². The van der Waals surface area contributed by atoms with Gasteiger partial charge in [-0.2, -0.15) is 5.26 Å². The first-order chi connectivity index (χ1) is 7.83. The number of nitriles is 1. The summed E-state index contributed by atoms with van der Waals surface area (Å²) in [5.41, 5.74) is -0.557. The summed E-state index contributed by atoms with van der Waals surface area (Å²) in [4.78, 5) is 13.2. The minimum atomic E-state index is -1.22. The summed E-state index contributed by atoms with van der Waals surface area (Å²) in [5, 5.41) is 17.9. The Balaban J connectivity index is 2.55. The molecule has 0 aromatic heterocycles. The van der Waals surface area contributed by atoms with Gasteiger partial charge in [-0.1, -0.05) is 0 Å². The first-order valence-electron chi connectivity index (χ1n) is 5.50. The van der Waals surface area contributed by atoms with Gasteiger partial charge in [0.2, 0.25) is 0 Å². The van der Waals surface area contributed by atoms with Gasteiger partial charge >= 0.3 is 6.09 Å². The molecule has 96 valence electrons. The quantitative estimate of drug-likeness (QED) is 0.677. The average molecular weight is 242 g/mol. The van der Waals surface area contributed by atoms with Crippen LogP contribution in [0.2, 0.25) is 0 Å². The fourth-order valence-electron chi connectivity index (χ4n) is 1.44. The van der Waals surface area contributed by atoms with Gasteiger partial charge in [-0.05, 0) is 20.8 Å². The van der Waals surface area contributed by atoms with Crippen LogP contribution in [0.4, 0.5) is 4.79 Å². The van der Waals surface area contributed by atoms with Gasteiger partial charge in [0.15, 0.2) is 6.10 Å². The van der Waals surface area contributed by atoms with E-state index >= 15 is 0 Å². The molecule has 0 aliphatic carbocycles. The van der Waals surface area contributed by atoms with E-state index < -0.39 is 23.9 Å². The lowest BCUT2D eigenvalue weighted by atomic mass is 10.2. The maximum Gasteiger partial charge on any atom is 0.410 e. The number of hydrogen-bond acceptors (Lipinski definition) is 5. The minimum absolute atomic E-state index is 0.170. The number of carbonyl (C=O) groups excluding carboxylic acids is 1. The van der Waals surface area contributed by atoms with Crippen LogP contribution in [-0.2, 0) is 9.47 Å². The van der Waals surface area contributed by atoms with Crippen molar-refractivity contribution in [3.05, 3.63) is 0 Å². The van der Waals surface area contributed by atoms with Crippen LogP contribution in [0.15, 0.2) is 0 Å². The van der Waals surface area contributed by atoms with Crippen LogP contribution in [0.3, 0.4) is 0 Å². The van der Waals surface area contributed by atoms with Crippen molar-refractivity contribution in [2.75, 3.05) is 19.7 Å². The Kier molecular flexibility index (Phi) is 4.32. The molecule has 0 saturated carbocycles. The number of hydrogen-bond donors (Lipinski definition) is 1. The molecule has 1 aliphatic rings. The molecule has 1 N–H and O–H groups in total. The van der Waals surface area contributed by atoms with Crippen LogP contribution in [0.1, 0.15) is 20.8 Å². The van der Waals surface area contributed by atoms with E-state index in [9.17, 15) is 9.90 Å². The smallest absolute Gasteiger partial charge is 0.410 e. The predicted octanol–water partition coefficient (Wildman–Crippen LogP) is 0.507. The van der Waals surface area contributed by atoms with Crippen molar-refractivity contribution in [2.24, 2.45) is 0 Å². The van der Waals surface area contributed by atoms with Crippen molar-refractivity contribution in [3.63, 3.8) is 0 Å². The molecule has 1 saturated heterocycles. The molecule has 0 radical (unpaired) electrons. The Morgan fingerprint density at radius 3 is 2.82 bits per heavy atom. The molecule has 0 spiro atoms. The highest BCUT2D eigenvalue weighted by Crippen LogP contribution is 2.14. The standard InChI is InChI=1S/C11H18N2O4/c1-11(2,3)17-10(15)13-4-5-16-9(7-13)8(14)6-12/h8-9,14H,4-5,7H2,1-3H3/t8-,9?/m0/s1. The lowest BCUT2D eigenvalue weighted by molar-refractivity contribution is -0.0751. The molecule has 1 amide bonds. The molecular formula is C11H18N2O4. The largest absolute Gasteiger partial charge is 0.444 e. The molecule has 0 bridgehead atoms. The Labute approximate surface area is 101 Å². The Morgan fingerprint density at radius 1 is 1.65 bits per heavy atom. The summed E-state index contributed by atoms with van der Waals surface area (Å²) < 4.78 is 10.4. The lowest BCUT2D eigenvalue weighted by Gasteiger charge is -2.34. The van der Waals surface area contributed by atoms with Gasteiger partial charge < -0.3 is 19.5 Å². The SMILES string of the molecule is CC(C)(C)OC(=O)N1CCOC([C@@H](O)C#N)C1. The van der Waals surface area contributed by atoms with Gasteiger partial charge in [-0.15, -0.1) is 0 Å². The van der Waals surface area contributed by atoms with Crippen LogP contribution < -0.4 is 0 Å². The summed E-state index contributed by atoms with van der Waals surface area (Å²) in [7, 11) is 0. The van der Waals surface area contributed by atoms with Gasteiger partial charge in [-0.3, -0.25) is 0 Å². The van der Waals surface area contributed by atoms with Gasteiger partial charge in [0, 0.05) is 6.54 Å². The number of morpholine rings is 1. The van der Waals surface area contributed by atoms with E-state index in [4.69, 9.17) is 14.7 Å². The third kappa shape index (κ3) is 4.21. The zero-order valence-electron chi connectivity index (χ0n) is 10.3. The molecule has 6 nitrogen and oxygen atoms in total. The molecule has 0 aromatic rings. The molecule has 1 fully saturated rings. The molecule has 17 heavy (non-hydrogen) atoms. The highest BCUT2D eigenvalue weighted by Gasteiger charge is 2.31. The topological polar surface area (TPSA) is 82.8 Å². The van der Waals surface area contributed by atoms with Gasteiger partial charge in [0.1, 0.15) is 11.7 Å². The number of aliphatic hydroxyl groups excluding tert-OH is 1. The number of nitrogens with zero attached hydrogens (tertiary/aromatic N) is 2. The van der Waals surface area contributed by atoms with Crippen molar-refractivity contribution in [3.8, 4) is 6.07 Å². The van der Waals surface area contributed by atoms with Crippen molar-refractivity contribution < 1.29 is 19.4 Å². The van der Waals surface area contributed by atoms with Gasteiger partial charge in [0.05, 0.1) is 19.2 Å². The molecule has 1 rings (SSSR count). The van der Waals surface area contributed by atoms with E-state index in [-0.39, 0.29) is 6.54 Å². The van der Waals surface area contributed by atoms with E-state index in [1.54, 1.807) is 26.8 Å². The molecule has 6 heteroatoms. The molecule has 0 aromatic carbocycles. The van der Waals surface area contributed by atoms with E-state index in [1.807, 2.05) is 0 Å². The van der Waals surface area contributed by atoms with E-state index in [0.717, 1.165) is 0 Å². The van der Waals surface area contributed by atoms with Crippen molar-refractivity contribution in [1.29, 1.82) is 5.26 Å². The molecular weight excluding hydrogens is 224 g/mol. The second-order valence-corrected chi connectivity index (χ2v) is 4.91. The third-order valence-electron chi connectivity index (χ3n) is 2.23. The van der Waals surface area contributed by atoms with Crippen LogP contribution in [-0.4, -0.2) is 53.6 Å². The molecule has 1 unspecified atom stereocenters. The van der Waals surface area contributed by atoms with E-state index in [0.29, 0.717) is 13.2 Å². The Morgan fingerprint density at radius 2 is 2.29 bits per heavy atom. The number of carbonyl (C=O) groups is 1. The monoisotopic (exact) mass is 242 g/mol. The highest BCUT2D eigenvalue weighted by molar-refractivity contribution is 5.68. The maximum atomic E-state index is 11.8. The van der Waals surface area contributed by atoms with Crippen molar-refractivity contribution >= 4 is 6.09 Å². The summed E-state index contributed by atoms with van der Waals surface area (Å²) >= 11 is 0. The highest BCUT2D eigenvalue weighted by atomic mass is 16.6. The summed E-state index contributed by atoms with van der Waals surface area (Å²) in [6.45, 7) is 6.22. The number of rotatable bonds is 1. The Hall–Kier alpha value is -1.32. The number of aliphatic hydroxyl groups is 1. The van der Waals surface area contributed by atoms with Crippen LogP contribution in [0, 0.1) is 11.3 Å². The zero-order valence-corrected chi connectivity index (χ0v) is 10.3. The van der Waals surface area contributed by atoms with E-state index in [2.05, 4.69) is 0 Å². The van der Waals surface area contributed by atoms with Crippen LogP contribution in [0.5, 0.6) is 0 Å². The van der Waals surface area contributed by atoms with Crippen molar-refractivity contribution in [1.82, 2.24) is 4.90 Å². The normalized spacial score (nSPS) is 22.8. The molecule has 1 aliphatic heterocycles. The van der Waals surface area contributed by atoms with Crippen LogP contribution in [0.25, 0.3) is 0 Å². The zero-order chi connectivity index (χ0) is 13.1.